The first kappa shape index (κ1) is 24.7. The molecule has 1 heterocycles. The molecule has 208 valence electrons. The van der Waals surface area contributed by atoms with Crippen LogP contribution in [-0.4, -0.2) is 37.4 Å². The van der Waals surface area contributed by atoms with Crippen LogP contribution in [0.2, 0.25) is 0 Å². The topological polar surface area (TPSA) is 96.0 Å². The SMILES string of the molecule is [2H]C([2H])([2H])Oc1c(Oc2cc(C(F)(F)F)cc(F)c2C(=O)Nc2ccnc(C(=O)OC)c2)ccc(OC(F)(F)F)c1F. The first-order valence-electron chi connectivity index (χ1n) is 11.5. The number of benzene rings is 2. The van der Waals surface area contributed by atoms with E-state index < -0.39 is 77.2 Å². The molecule has 3 rings (SSSR count). The highest BCUT2D eigenvalue weighted by molar-refractivity contribution is 6.07. The van der Waals surface area contributed by atoms with E-state index in [0.29, 0.717) is 6.07 Å². The molecule has 0 atom stereocenters. The number of anilines is 1. The van der Waals surface area contributed by atoms with Crippen molar-refractivity contribution in [2.24, 2.45) is 0 Å². The second-order valence-corrected chi connectivity index (χ2v) is 7.16. The third-order valence-corrected chi connectivity index (χ3v) is 4.59. The maximum Gasteiger partial charge on any atom is 0.573 e. The van der Waals surface area contributed by atoms with Gasteiger partial charge in [-0.2, -0.15) is 17.6 Å². The molecule has 0 aliphatic heterocycles. The minimum atomic E-state index is -5.46. The fraction of sp³-hybridized carbons (Fsp3) is 0.174. The van der Waals surface area contributed by atoms with Crippen molar-refractivity contribution >= 4 is 17.6 Å². The Labute approximate surface area is 217 Å². The standard InChI is InChI=1S/C23H14F8N2O6/c1-36-19-15(4-3-14(18(19)25)39-23(29,30)31)38-16-8-10(22(26,27)28)7-12(24)17(16)20(34)33-11-5-6-32-13(9-11)21(35)37-2/h3-9H,1-2H3,(H,32,33,34)/i1D3. The fourth-order valence-electron chi connectivity index (χ4n) is 2.98. The molecular weight excluding hydrogens is 552 g/mol. The third-order valence-electron chi connectivity index (χ3n) is 4.59. The summed E-state index contributed by atoms with van der Waals surface area (Å²) in [6, 6.07) is 2.74. The lowest BCUT2D eigenvalue weighted by Crippen LogP contribution is -2.18. The molecule has 0 radical (unpaired) electrons. The summed E-state index contributed by atoms with van der Waals surface area (Å²) >= 11 is 0. The number of hydrogen-bond donors (Lipinski definition) is 1. The van der Waals surface area contributed by atoms with Gasteiger partial charge in [0.25, 0.3) is 5.91 Å². The van der Waals surface area contributed by atoms with Gasteiger partial charge in [0.1, 0.15) is 22.8 Å². The van der Waals surface area contributed by atoms with E-state index in [2.05, 4.69) is 24.5 Å². The van der Waals surface area contributed by atoms with Gasteiger partial charge < -0.3 is 24.3 Å². The van der Waals surface area contributed by atoms with E-state index in [1.54, 1.807) is 0 Å². The van der Waals surface area contributed by atoms with Crippen LogP contribution in [0.5, 0.6) is 23.0 Å². The molecular formula is C23H14F8N2O6. The van der Waals surface area contributed by atoms with Crippen LogP contribution in [0.15, 0.2) is 42.6 Å². The zero-order valence-corrected chi connectivity index (χ0v) is 19.0. The minimum absolute atomic E-state index is 0.0849. The van der Waals surface area contributed by atoms with Crippen LogP contribution in [-0.2, 0) is 10.9 Å². The van der Waals surface area contributed by atoms with E-state index in [1.165, 1.54) is 0 Å². The molecule has 16 heteroatoms. The Bertz CT molecular complexity index is 1510. The van der Waals surface area contributed by atoms with Crippen molar-refractivity contribution in [3.05, 3.63) is 71.1 Å². The highest BCUT2D eigenvalue weighted by atomic mass is 19.4. The van der Waals surface area contributed by atoms with Crippen molar-refractivity contribution in [3.8, 4) is 23.0 Å². The number of carbonyl (C=O) groups excluding carboxylic acids is 2. The van der Waals surface area contributed by atoms with Crippen LogP contribution in [0.25, 0.3) is 0 Å². The van der Waals surface area contributed by atoms with Crippen LogP contribution < -0.4 is 19.5 Å². The zero-order valence-electron chi connectivity index (χ0n) is 22.0. The van der Waals surface area contributed by atoms with Crippen molar-refractivity contribution in [3.63, 3.8) is 0 Å². The number of alkyl halides is 6. The second kappa shape index (κ2) is 11.0. The molecule has 0 aliphatic carbocycles. The summed E-state index contributed by atoms with van der Waals surface area (Å²) in [5.41, 5.74) is -3.54. The van der Waals surface area contributed by atoms with Crippen molar-refractivity contribution < 1.29 is 67.8 Å². The van der Waals surface area contributed by atoms with E-state index in [1.807, 2.05) is 0 Å². The number of nitrogens with one attached hydrogen (secondary N) is 1. The Hall–Kier alpha value is -4.63. The summed E-state index contributed by atoms with van der Waals surface area (Å²) in [5.74, 6) is -12.1. The summed E-state index contributed by atoms with van der Waals surface area (Å²) in [6.45, 7) is 0. The number of aromatic nitrogens is 1. The van der Waals surface area contributed by atoms with Gasteiger partial charge in [0.05, 0.1) is 23.8 Å². The van der Waals surface area contributed by atoms with Gasteiger partial charge in [-0.25, -0.2) is 14.2 Å². The van der Waals surface area contributed by atoms with Crippen LogP contribution >= 0.6 is 0 Å². The molecule has 1 N–H and O–H groups in total. The van der Waals surface area contributed by atoms with Gasteiger partial charge in [0, 0.05) is 11.9 Å². The molecule has 39 heavy (non-hydrogen) atoms. The lowest BCUT2D eigenvalue weighted by atomic mass is 10.1. The van der Waals surface area contributed by atoms with Crippen LogP contribution in [0.4, 0.5) is 40.8 Å². The van der Waals surface area contributed by atoms with Crippen molar-refractivity contribution in [1.82, 2.24) is 4.98 Å². The van der Waals surface area contributed by atoms with Crippen molar-refractivity contribution in [2.45, 2.75) is 12.5 Å². The van der Waals surface area contributed by atoms with Gasteiger partial charge in [-0.05, 0) is 36.4 Å². The average molecular weight is 569 g/mol. The van der Waals surface area contributed by atoms with Crippen LogP contribution in [0.3, 0.4) is 0 Å². The Kier molecular flexibility index (Phi) is 6.97. The van der Waals surface area contributed by atoms with Gasteiger partial charge >= 0.3 is 18.5 Å². The zero-order chi connectivity index (χ0) is 31.6. The summed E-state index contributed by atoms with van der Waals surface area (Å²) < 4.78 is 147. The number of rotatable bonds is 7. The van der Waals surface area contributed by atoms with Crippen molar-refractivity contribution in [2.75, 3.05) is 19.5 Å². The predicted molar refractivity (Wildman–Crippen MR) is 115 cm³/mol. The number of nitrogens with zero attached hydrogens (tertiary/aromatic N) is 1. The molecule has 0 aliphatic rings. The average Bonchev–Trinajstić information content (AvgIpc) is 2.85. The number of esters is 1. The number of carbonyl (C=O) groups is 2. The molecule has 0 unspecified atom stereocenters. The molecule has 1 amide bonds. The normalized spacial score (nSPS) is 13.0. The van der Waals surface area contributed by atoms with Crippen LogP contribution in [0, 0.1) is 11.6 Å². The maximum absolute atomic E-state index is 15.0. The van der Waals surface area contributed by atoms with E-state index in [9.17, 15) is 44.7 Å². The highest BCUT2D eigenvalue weighted by Crippen LogP contribution is 2.42. The molecule has 2 aromatic carbocycles. The highest BCUT2D eigenvalue weighted by Gasteiger charge is 2.36. The molecule has 3 aromatic rings. The maximum atomic E-state index is 15.0. The quantitative estimate of drug-likeness (QED) is 0.271. The van der Waals surface area contributed by atoms with E-state index in [0.717, 1.165) is 25.4 Å². The van der Waals surface area contributed by atoms with Gasteiger partial charge in [0.2, 0.25) is 11.6 Å². The molecule has 0 saturated carbocycles. The predicted octanol–water partition coefficient (Wildman–Crippen LogP) is 6.12. The number of hydrogen-bond acceptors (Lipinski definition) is 7. The number of ether oxygens (including phenoxy) is 4. The molecule has 0 spiro atoms. The number of methoxy groups -OCH3 is 2. The summed E-state index contributed by atoms with van der Waals surface area (Å²) in [7, 11) is -2.53. The number of amides is 1. The van der Waals surface area contributed by atoms with Gasteiger partial charge in [0.15, 0.2) is 11.5 Å². The largest absolute Gasteiger partial charge is 0.573 e. The van der Waals surface area contributed by atoms with Gasteiger partial charge in [-0.15, -0.1) is 13.2 Å². The van der Waals surface area contributed by atoms with E-state index in [4.69, 9.17) is 8.85 Å². The summed E-state index contributed by atoms with van der Waals surface area (Å²) in [6.07, 6.45) is -9.67. The van der Waals surface area contributed by atoms with Crippen molar-refractivity contribution in [1.29, 1.82) is 0 Å². The lowest BCUT2D eigenvalue weighted by Gasteiger charge is -2.18. The minimum Gasteiger partial charge on any atom is -0.490 e. The fourth-order valence-corrected chi connectivity index (χ4v) is 2.98. The molecule has 1 aromatic heterocycles. The summed E-state index contributed by atoms with van der Waals surface area (Å²) in [5, 5.41) is 2.07. The Morgan fingerprint density at radius 2 is 1.67 bits per heavy atom. The monoisotopic (exact) mass is 569 g/mol. The Morgan fingerprint density at radius 1 is 0.974 bits per heavy atom. The molecule has 0 saturated heterocycles. The second-order valence-electron chi connectivity index (χ2n) is 7.16. The van der Waals surface area contributed by atoms with Crippen LogP contribution in [0.1, 0.15) is 30.5 Å². The number of pyridine rings is 1. The molecule has 0 fully saturated rings. The number of halogens is 8. The smallest absolute Gasteiger partial charge is 0.490 e. The first-order chi connectivity index (χ1) is 19.3. The van der Waals surface area contributed by atoms with Gasteiger partial charge in [-0.3, -0.25) is 4.79 Å². The molecule has 8 nitrogen and oxygen atoms in total. The third kappa shape index (κ3) is 6.82. The Morgan fingerprint density at radius 3 is 2.28 bits per heavy atom. The first-order valence-corrected chi connectivity index (χ1v) is 10.0. The van der Waals surface area contributed by atoms with E-state index >= 15 is 0 Å². The van der Waals surface area contributed by atoms with E-state index in [-0.39, 0.29) is 29.6 Å². The Balaban J connectivity index is 2.15. The van der Waals surface area contributed by atoms with Gasteiger partial charge in [-0.1, -0.05) is 0 Å². The molecule has 0 bridgehead atoms. The summed E-state index contributed by atoms with van der Waals surface area (Å²) in [4.78, 5) is 28.3. The lowest BCUT2D eigenvalue weighted by molar-refractivity contribution is -0.275.